The van der Waals surface area contributed by atoms with Crippen LogP contribution in [0.25, 0.3) is 11.3 Å². The van der Waals surface area contributed by atoms with Gasteiger partial charge in [0.05, 0.1) is 20.3 Å². The Labute approximate surface area is 72.8 Å². The van der Waals surface area contributed by atoms with E-state index < -0.39 is 0 Å². The minimum absolute atomic E-state index is 0.0358. The lowest BCUT2D eigenvalue weighted by molar-refractivity contribution is -0.598. The molecule has 0 aliphatic carbocycles. The maximum absolute atomic E-state index is 11.2. The van der Waals surface area contributed by atoms with E-state index in [1.807, 2.05) is 0 Å². The number of aromatic nitrogens is 1. The minimum atomic E-state index is -0.156. The number of ether oxygens (including phenoxy) is 2. The lowest BCUT2D eigenvalue weighted by Gasteiger charge is -1.92. The van der Waals surface area contributed by atoms with Crippen LogP contribution < -0.4 is 14.2 Å². The number of oxazole rings is 1. The highest BCUT2D eigenvalue weighted by Crippen LogP contribution is 2.25. The van der Waals surface area contributed by atoms with Crippen LogP contribution in [-0.4, -0.2) is 14.2 Å². The van der Waals surface area contributed by atoms with Gasteiger partial charge in [-0.1, -0.05) is 4.73 Å². The summed E-state index contributed by atoms with van der Waals surface area (Å²) in [5.74, 6) is 0.223. The van der Waals surface area contributed by atoms with Crippen LogP contribution >= 0.6 is 0 Å². The molecule has 6 heteroatoms. The number of methoxy groups -OCH3 is 2. The van der Waals surface area contributed by atoms with Crippen molar-refractivity contribution >= 4 is 11.3 Å². The molecular weight excluding hydrogens is 178 g/mol. The van der Waals surface area contributed by atoms with E-state index >= 15 is 0 Å². The summed E-state index contributed by atoms with van der Waals surface area (Å²) in [6.45, 7) is 0. The van der Waals surface area contributed by atoms with E-state index in [9.17, 15) is 5.21 Å². The molecule has 0 saturated heterocycles. The third-order valence-corrected chi connectivity index (χ3v) is 1.58. The Kier molecular flexibility index (Phi) is 1.54. The standard InChI is InChI=1S/C7H7NO5/c1-10-5-3-4-6(13-5)8(9)7(11-2)12-4/h3H,1-2H3. The van der Waals surface area contributed by atoms with Gasteiger partial charge >= 0.3 is 11.8 Å². The molecule has 0 aliphatic rings. The SMILES string of the molecule is COc1cc2oc(OC)[n+]([O-])c2o1. The summed E-state index contributed by atoms with van der Waals surface area (Å²) in [6.07, 6.45) is -0.156. The summed E-state index contributed by atoms with van der Waals surface area (Å²) in [7, 11) is 2.77. The van der Waals surface area contributed by atoms with Crippen LogP contribution in [0.1, 0.15) is 0 Å². The van der Waals surface area contributed by atoms with E-state index in [4.69, 9.17) is 13.6 Å². The van der Waals surface area contributed by atoms with Gasteiger partial charge in [0.25, 0.3) is 11.5 Å². The Hall–Kier alpha value is -1.85. The third-order valence-electron chi connectivity index (χ3n) is 1.58. The molecule has 6 nitrogen and oxygen atoms in total. The van der Waals surface area contributed by atoms with E-state index in [-0.39, 0.29) is 17.7 Å². The van der Waals surface area contributed by atoms with Crippen LogP contribution in [0.5, 0.6) is 12.0 Å². The monoisotopic (exact) mass is 185 g/mol. The van der Waals surface area contributed by atoms with Gasteiger partial charge in [0.1, 0.15) is 0 Å². The summed E-state index contributed by atoms with van der Waals surface area (Å²) in [4.78, 5) is 0. The fraction of sp³-hybridized carbons (Fsp3) is 0.286. The molecule has 0 aliphatic heterocycles. The Bertz CT molecular complexity index is 429. The van der Waals surface area contributed by atoms with E-state index in [0.29, 0.717) is 10.3 Å². The van der Waals surface area contributed by atoms with E-state index in [0.717, 1.165) is 0 Å². The van der Waals surface area contributed by atoms with Crippen LogP contribution in [-0.2, 0) is 0 Å². The maximum Gasteiger partial charge on any atom is 0.575 e. The number of furan rings is 1. The Morgan fingerprint density at radius 2 is 2.08 bits per heavy atom. The fourth-order valence-electron chi connectivity index (χ4n) is 1.00. The van der Waals surface area contributed by atoms with E-state index in [1.165, 1.54) is 20.3 Å². The van der Waals surface area contributed by atoms with Crippen molar-refractivity contribution in [3.8, 4) is 12.0 Å². The van der Waals surface area contributed by atoms with Crippen molar-refractivity contribution in [3.05, 3.63) is 11.3 Å². The second-order valence-corrected chi connectivity index (χ2v) is 2.31. The number of hydrogen-bond donors (Lipinski definition) is 0. The van der Waals surface area contributed by atoms with Crippen LogP contribution in [0.15, 0.2) is 14.9 Å². The minimum Gasteiger partial charge on any atom is -0.611 e. The molecule has 2 rings (SSSR count). The smallest absolute Gasteiger partial charge is 0.575 e. The molecule has 2 heterocycles. The average Bonchev–Trinajstić information content (AvgIpc) is 2.65. The van der Waals surface area contributed by atoms with Gasteiger partial charge in [-0.25, -0.2) is 0 Å². The van der Waals surface area contributed by atoms with Crippen molar-refractivity contribution in [2.45, 2.75) is 0 Å². The first-order valence-corrected chi connectivity index (χ1v) is 3.50. The number of rotatable bonds is 2. The van der Waals surface area contributed by atoms with Gasteiger partial charge < -0.3 is 23.5 Å². The highest BCUT2D eigenvalue weighted by atomic mass is 16.7. The molecule has 0 spiro atoms. The zero-order valence-corrected chi connectivity index (χ0v) is 7.07. The number of fused-ring (bicyclic) bond motifs is 1. The lowest BCUT2D eigenvalue weighted by atomic mass is 10.6. The summed E-state index contributed by atoms with van der Waals surface area (Å²) < 4.78 is 19.8. The first-order valence-electron chi connectivity index (χ1n) is 3.50. The third kappa shape index (κ3) is 0.986. The molecule has 0 unspecified atom stereocenters. The summed E-state index contributed by atoms with van der Waals surface area (Å²) in [5, 5.41) is 11.2. The van der Waals surface area contributed by atoms with Gasteiger partial charge in [-0.3, -0.25) is 0 Å². The Balaban J connectivity index is 2.62. The second-order valence-electron chi connectivity index (χ2n) is 2.31. The largest absolute Gasteiger partial charge is 0.611 e. The van der Waals surface area contributed by atoms with Crippen LogP contribution in [0.2, 0.25) is 0 Å². The second kappa shape index (κ2) is 2.58. The van der Waals surface area contributed by atoms with Crippen molar-refractivity contribution < 1.29 is 23.0 Å². The molecule has 2 aromatic heterocycles. The maximum atomic E-state index is 11.2. The van der Waals surface area contributed by atoms with Crippen molar-refractivity contribution in [1.29, 1.82) is 0 Å². The molecule has 0 radical (unpaired) electrons. The van der Waals surface area contributed by atoms with E-state index in [1.54, 1.807) is 0 Å². The average molecular weight is 185 g/mol. The van der Waals surface area contributed by atoms with Gasteiger partial charge in [-0.15, -0.1) is 0 Å². The van der Waals surface area contributed by atoms with Gasteiger partial charge in [0.15, 0.2) is 0 Å². The summed E-state index contributed by atoms with van der Waals surface area (Å²) >= 11 is 0. The highest BCUT2D eigenvalue weighted by Gasteiger charge is 2.24. The van der Waals surface area contributed by atoms with E-state index in [2.05, 4.69) is 4.74 Å². The zero-order chi connectivity index (χ0) is 9.42. The Morgan fingerprint density at radius 3 is 2.62 bits per heavy atom. The molecule has 0 fully saturated rings. The van der Waals surface area contributed by atoms with Crippen LogP contribution in [0.4, 0.5) is 0 Å². The quantitative estimate of drug-likeness (QED) is 0.508. The van der Waals surface area contributed by atoms with Crippen molar-refractivity contribution in [1.82, 2.24) is 0 Å². The fourth-order valence-corrected chi connectivity index (χ4v) is 1.00. The molecule has 0 N–H and O–H groups in total. The van der Waals surface area contributed by atoms with Crippen molar-refractivity contribution in [2.24, 2.45) is 0 Å². The van der Waals surface area contributed by atoms with Crippen molar-refractivity contribution in [2.75, 3.05) is 14.2 Å². The van der Waals surface area contributed by atoms with Gasteiger partial charge in [-0.05, 0) is 0 Å². The predicted molar refractivity (Wildman–Crippen MR) is 40.5 cm³/mol. The van der Waals surface area contributed by atoms with Crippen LogP contribution in [0.3, 0.4) is 0 Å². The molecular formula is C7H7NO5. The number of nitrogens with zero attached hydrogens (tertiary/aromatic N) is 1. The highest BCUT2D eigenvalue weighted by molar-refractivity contribution is 5.64. The lowest BCUT2D eigenvalue weighted by Crippen LogP contribution is -2.25. The number of hydrogen-bond acceptors (Lipinski definition) is 5. The molecule has 0 bridgehead atoms. The van der Waals surface area contributed by atoms with Gasteiger partial charge in [0.2, 0.25) is 0 Å². The summed E-state index contributed by atoms with van der Waals surface area (Å²) in [6, 6.07) is 1.46. The first kappa shape index (κ1) is 7.78. The summed E-state index contributed by atoms with van der Waals surface area (Å²) in [5.41, 5.74) is 0.331. The molecule has 0 saturated carbocycles. The van der Waals surface area contributed by atoms with Gasteiger partial charge in [-0.2, -0.15) is 0 Å². The van der Waals surface area contributed by atoms with Crippen LogP contribution in [0, 0.1) is 5.21 Å². The molecule has 70 valence electrons. The van der Waals surface area contributed by atoms with Crippen molar-refractivity contribution in [3.63, 3.8) is 0 Å². The zero-order valence-electron chi connectivity index (χ0n) is 7.07. The molecule has 0 amide bonds. The molecule has 13 heavy (non-hydrogen) atoms. The normalized spacial score (nSPS) is 10.6. The first-order chi connectivity index (χ1) is 6.26. The topological polar surface area (TPSA) is 71.7 Å². The van der Waals surface area contributed by atoms with Gasteiger partial charge in [0, 0.05) is 0 Å². The predicted octanol–water partition coefficient (Wildman–Crippen LogP) is 0.676. The molecule has 0 atom stereocenters. The Morgan fingerprint density at radius 1 is 1.31 bits per heavy atom. The molecule has 0 aromatic carbocycles. The molecule has 2 aromatic rings.